The fraction of sp³-hybridized carbons (Fsp3) is 0.538. The first kappa shape index (κ1) is 13.0. The molecule has 98 valence electrons. The number of ether oxygens (including phenoxy) is 1. The van der Waals surface area contributed by atoms with E-state index in [-0.39, 0.29) is 10.6 Å². The van der Waals surface area contributed by atoms with Crippen LogP contribution in [0.4, 0.5) is 5.69 Å². The molecule has 0 bridgehead atoms. The molecule has 1 aromatic carbocycles. The van der Waals surface area contributed by atoms with Crippen LogP contribution in [-0.4, -0.2) is 31.7 Å². The topological polar surface area (TPSA) is 64.4 Å². The van der Waals surface area contributed by atoms with E-state index in [4.69, 9.17) is 4.74 Å². The number of benzene rings is 1. The molecule has 1 saturated carbocycles. The van der Waals surface area contributed by atoms with Gasteiger partial charge in [-0.2, -0.15) is 0 Å². The van der Waals surface area contributed by atoms with Gasteiger partial charge in [0, 0.05) is 25.8 Å². The highest BCUT2D eigenvalue weighted by atomic mass is 16.6. The van der Waals surface area contributed by atoms with Gasteiger partial charge in [-0.1, -0.05) is 12.1 Å². The van der Waals surface area contributed by atoms with Gasteiger partial charge in [0.05, 0.1) is 11.5 Å². The van der Waals surface area contributed by atoms with E-state index in [0.717, 1.165) is 25.1 Å². The summed E-state index contributed by atoms with van der Waals surface area (Å²) in [6.45, 7) is 2.53. The SMILES string of the molecule is COCCNCC1CC1c1cccc([N+](=O)[O-])c1. The molecule has 1 aliphatic carbocycles. The van der Waals surface area contributed by atoms with Crippen molar-refractivity contribution in [2.24, 2.45) is 5.92 Å². The quantitative estimate of drug-likeness (QED) is 0.456. The van der Waals surface area contributed by atoms with Gasteiger partial charge in [0.15, 0.2) is 0 Å². The molecule has 1 fully saturated rings. The highest BCUT2D eigenvalue weighted by molar-refractivity contribution is 5.38. The second-order valence-corrected chi connectivity index (χ2v) is 4.65. The van der Waals surface area contributed by atoms with Crippen LogP contribution in [0.3, 0.4) is 0 Å². The summed E-state index contributed by atoms with van der Waals surface area (Å²) in [5.74, 6) is 1.07. The van der Waals surface area contributed by atoms with Crippen LogP contribution < -0.4 is 5.32 Å². The van der Waals surface area contributed by atoms with E-state index < -0.39 is 0 Å². The van der Waals surface area contributed by atoms with Crippen molar-refractivity contribution in [1.29, 1.82) is 0 Å². The molecule has 0 aliphatic heterocycles. The maximum atomic E-state index is 10.7. The van der Waals surface area contributed by atoms with Gasteiger partial charge in [0.2, 0.25) is 0 Å². The van der Waals surface area contributed by atoms with Gasteiger partial charge >= 0.3 is 0 Å². The van der Waals surface area contributed by atoms with E-state index in [1.165, 1.54) is 6.07 Å². The zero-order valence-electron chi connectivity index (χ0n) is 10.5. The van der Waals surface area contributed by atoms with Gasteiger partial charge in [0.1, 0.15) is 0 Å². The fourth-order valence-electron chi connectivity index (χ4n) is 2.21. The minimum Gasteiger partial charge on any atom is -0.383 e. The van der Waals surface area contributed by atoms with E-state index in [9.17, 15) is 10.1 Å². The lowest BCUT2D eigenvalue weighted by atomic mass is 10.1. The van der Waals surface area contributed by atoms with Gasteiger partial charge in [-0.15, -0.1) is 0 Å². The molecule has 1 aliphatic rings. The number of nitrogens with zero attached hydrogens (tertiary/aromatic N) is 1. The van der Waals surface area contributed by atoms with E-state index in [2.05, 4.69) is 5.32 Å². The molecule has 0 saturated heterocycles. The molecule has 1 aromatic rings. The summed E-state index contributed by atoms with van der Waals surface area (Å²) in [5.41, 5.74) is 1.27. The Balaban J connectivity index is 1.83. The highest BCUT2D eigenvalue weighted by Gasteiger charge is 2.38. The van der Waals surface area contributed by atoms with Crippen LogP contribution >= 0.6 is 0 Å². The van der Waals surface area contributed by atoms with Crippen LogP contribution in [0.25, 0.3) is 0 Å². The van der Waals surface area contributed by atoms with Crippen LogP contribution in [0, 0.1) is 16.0 Å². The third-order valence-electron chi connectivity index (χ3n) is 3.32. The van der Waals surface area contributed by atoms with Crippen molar-refractivity contribution in [3.05, 3.63) is 39.9 Å². The average molecular weight is 250 g/mol. The molecule has 0 aromatic heterocycles. The Labute approximate surface area is 106 Å². The maximum Gasteiger partial charge on any atom is 0.269 e. The minimum absolute atomic E-state index is 0.186. The molecule has 0 amide bonds. The largest absolute Gasteiger partial charge is 0.383 e. The third kappa shape index (κ3) is 3.27. The molecule has 2 atom stereocenters. The monoisotopic (exact) mass is 250 g/mol. The summed E-state index contributed by atoms with van der Waals surface area (Å²) in [6, 6.07) is 6.98. The average Bonchev–Trinajstić information content (AvgIpc) is 3.14. The number of methoxy groups -OCH3 is 1. The van der Waals surface area contributed by atoms with Crippen molar-refractivity contribution in [3.8, 4) is 0 Å². The molecule has 2 unspecified atom stereocenters. The first-order valence-corrected chi connectivity index (χ1v) is 6.16. The Bertz CT molecular complexity index is 422. The second kappa shape index (κ2) is 5.93. The maximum absolute atomic E-state index is 10.7. The third-order valence-corrected chi connectivity index (χ3v) is 3.32. The summed E-state index contributed by atoms with van der Waals surface area (Å²) in [6.07, 6.45) is 1.11. The number of nitrogens with one attached hydrogen (secondary N) is 1. The minimum atomic E-state index is -0.336. The Morgan fingerprint density at radius 2 is 2.39 bits per heavy atom. The summed E-state index contributed by atoms with van der Waals surface area (Å²) < 4.78 is 4.96. The number of rotatable bonds is 7. The van der Waals surface area contributed by atoms with Gasteiger partial charge in [-0.25, -0.2) is 0 Å². The molecular formula is C13H18N2O3. The van der Waals surface area contributed by atoms with Crippen molar-refractivity contribution >= 4 is 5.69 Å². The number of hydrogen-bond acceptors (Lipinski definition) is 4. The normalized spacial score (nSPS) is 21.8. The van der Waals surface area contributed by atoms with Gasteiger partial charge < -0.3 is 10.1 Å². The lowest BCUT2D eigenvalue weighted by Gasteiger charge is -2.03. The van der Waals surface area contributed by atoms with Crippen molar-refractivity contribution in [2.75, 3.05) is 26.8 Å². The van der Waals surface area contributed by atoms with E-state index in [1.54, 1.807) is 19.2 Å². The number of nitro benzene ring substituents is 1. The Morgan fingerprint density at radius 1 is 1.56 bits per heavy atom. The van der Waals surface area contributed by atoms with Crippen molar-refractivity contribution in [2.45, 2.75) is 12.3 Å². The molecule has 0 spiro atoms. The zero-order valence-corrected chi connectivity index (χ0v) is 10.5. The standard InChI is InChI=1S/C13H18N2O3/c1-18-6-5-14-9-11-8-13(11)10-3-2-4-12(7-10)15(16)17/h2-4,7,11,13-14H,5-6,8-9H2,1H3. The predicted octanol–water partition coefficient (Wildman–Crippen LogP) is 1.93. The molecule has 5 nitrogen and oxygen atoms in total. The molecule has 0 heterocycles. The van der Waals surface area contributed by atoms with E-state index in [1.807, 2.05) is 6.07 Å². The lowest BCUT2D eigenvalue weighted by molar-refractivity contribution is -0.384. The lowest BCUT2D eigenvalue weighted by Crippen LogP contribution is -2.21. The molecule has 1 N–H and O–H groups in total. The van der Waals surface area contributed by atoms with Crippen molar-refractivity contribution in [3.63, 3.8) is 0 Å². The predicted molar refractivity (Wildman–Crippen MR) is 68.7 cm³/mol. The summed E-state index contributed by atoms with van der Waals surface area (Å²) in [7, 11) is 1.69. The summed E-state index contributed by atoms with van der Waals surface area (Å²) in [4.78, 5) is 10.4. The van der Waals surface area contributed by atoms with Crippen LogP contribution in [0.5, 0.6) is 0 Å². The van der Waals surface area contributed by atoms with Crippen molar-refractivity contribution in [1.82, 2.24) is 5.32 Å². The van der Waals surface area contributed by atoms with Gasteiger partial charge in [0.25, 0.3) is 5.69 Å². The second-order valence-electron chi connectivity index (χ2n) is 4.65. The van der Waals surface area contributed by atoms with Crippen LogP contribution in [0.2, 0.25) is 0 Å². The van der Waals surface area contributed by atoms with Crippen LogP contribution in [0.1, 0.15) is 17.9 Å². The number of non-ortho nitro benzene ring substituents is 1. The van der Waals surface area contributed by atoms with Crippen LogP contribution in [0.15, 0.2) is 24.3 Å². The summed E-state index contributed by atoms with van der Waals surface area (Å²) in [5, 5.41) is 14.0. The molecule has 2 rings (SSSR count). The van der Waals surface area contributed by atoms with E-state index >= 15 is 0 Å². The first-order valence-electron chi connectivity index (χ1n) is 6.16. The zero-order chi connectivity index (χ0) is 13.0. The van der Waals surface area contributed by atoms with Crippen LogP contribution in [-0.2, 0) is 4.74 Å². The first-order chi connectivity index (χ1) is 8.72. The fourth-order valence-corrected chi connectivity index (χ4v) is 2.21. The summed E-state index contributed by atoms with van der Waals surface area (Å²) >= 11 is 0. The Hall–Kier alpha value is -1.46. The van der Waals surface area contributed by atoms with Gasteiger partial charge in [-0.3, -0.25) is 10.1 Å². The number of nitro groups is 1. The highest BCUT2D eigenvalue weighted by Crippen LogP contribution is 2.47. The molecule has 0 radical (unpaired) electrons. The Morgan fingerprint density at radius 3 is 3.11 bits per heavy atom. The molecule has 5 heteroatoms. The van der Waals surface area contributed by atoms with E-state index in [0.29, 0.717) is 18.4 Å². The molecule has 18 heavy (non-hydrogen) atoms. The van der Waals surface area contributed by atoms with Crippen molar-refractivity contribution < 1.29 is 9.66 Å². The Kier molecular flexibility index (Phi) is 4.28. The number of hydrogen-bond donors (Lipinski definition) is 1. The smallest absolute Gasteiger partial charge is 0.269 e. The van der Waals surface area contributed by atoms with Gasteiger partial charge in [-0.05, 0) is 30.4 Å². The molecular weight excluding hydrogens is 232 g/mol.